The summed E-state index contributed by atoms with van der Waals surface area (Å²) >= 11 is 0. The van der Waals surface area contributed by atoms with Gasteiger partial charge in [-0.25, -0.2) is 4.79 Å². The Morgan fingerprint density at radius 1 is 0.500 bits per heavy atom. The van der Waals surface area contributed by atoms with Gasteiger partial charge in [0.1, 0.15) is 12.2 Å². The summed E-state index contributed by atoms with van der Waals surface area (Å²) in [5, 5.41) is 79.4. The third kappa shape index (κ3) is 20.2. The summed E-state index contributed by atoms with van der Waals surface area (Å²) in [5.74, 6) is -3.18. The molecule has 0 rings (SSSR count). The van der Waals surface area contributed by atoms with Crippen LogP contribution >= 0.6 is 0 Å². The summed E-state index contributed by atoms with van der Waals surface area (Å²) in [6, 6.07) is 0. The summed E-state index contributed by atoms with van der Waals surface area (Å²) in [7, 11) is 0. The lowest BCUT2D eigenvalue weighted by Gasteiger charge is -2.24. The molecule has 0 saturated carbocycles. The maximum atomic E-state index is 12.5. The van der Waals surface area contributed by atoms with E-state index >= 15 is 0 Å². The number of ketones is 1. The van der Waals surface area contributed by atoms with Crippen LogP contribution in [-0.4, -0.2) is 120 Å². The molecule has 0 amide bonds. The normalized spacial score (nSPS) is 19.0. The molecule has 0 heterocycles. The van der Waals surface area contributed by atoms with Gasteiger partial charge in [-0.15, -0.1) is 0 Å². The van der Waals surface area contributed by atoms with Crippen molar-refractivity contribution in [3.8, 4) is 0 Å². The smallest absolute Gasteiger partial charge is 0.374 e. The first-order valence-electron chi connectivity index (χ1n) is 14.9. The molecule has 8 N–H and O–H groups in total. The van der Waals surface area contributed by atoms with Crippen LogP contribution < -0.4 is 0 Å². The zero-order valence-corrected chi connectivity index (χ0v) is 25.4. The van der Waals surface area contributed by atoms with Crippen molar-refractivity contribution in [1.29, 1.82) is 0 Å². The lowest BCUT2D eigenvalue weighted by atomic mass is 9.98. The predicted molar refractivity (Wildman–Crippen MR) is 151 cm³/mol. The molecular formula is C29H54O13. The van der Waals surface area contributed by atoms with Crippen LogP contribution in [0.1, 0.15) is 105 Å². The number of hydrogen-bond acceptors (Lipinski definition) is 13. The maximum absolute atomic E-state index is 12.5. The molecule has 9 atom stereocenters. The van der Waals surface area contributed by atoms with Gasteiger partial charge in [0.05, 0.1) is 55.3 Å². The van der Waals surface area contributed by atoms with Gasteiger partial charge in [0.15, 0.2) is 0 Å². The highest BCUT2D eigenvalue weighted by Crippen LogP contribution is 2.19. The van der Waals surface area contributed by atoms with Crippen molar-refractivity contribution in [3.63, 3.8) is 0 Å². The summed E-state index contributed by atoms with van der Waals surface area (Å²) in [6.45, 7) is 6.41. The van der Waals surface area contributed by atoms with Crippen LogP contribution in [0, 0.1) is 0 Å². The lowest BCUT2D eigenvalue weighted by molar-refractivity contribution is -0.161. The fraction of sp³-hybridized carbons (Fsp3) is 0.897. The Labute approximate surface area is 248 Å². The van der Waals surface area contributed by atoms with E-state index in [9.17, 15) is 55.2 Å². The molecule has 0 radical (unpaired) electrons. The molecule has 9 unspecified atom stereocenters. The third-order valence-electron chi connectivity index (χ3n) is 6.75. The number of carbonyl (C=O) groups excluding carboxylic acids is 3. The number of rotatable bonds is 24. The van der Waals surface area contributed by atoms with Gasteiger partial charge in [-0.2, -0.15) is 0 Å². The first kappa shape index (κ1) is 40.3. The van der Waals surface area contributed by atoms with Crippen molar-refractivity contribution in [2.75, 3.05) is 0 Å². The Morgan fingerprint density at radius 3 is 1.31 bits per heavy atom. The first-order chi connectivity index (χ1) is 19.6. The second-order valence-electron chi connectivity index (χ2n) is 11.4. The molecule has 42 heavy (non-hydrogen) atoms. The molecule has 13 nitrogen and oxygen atoms in total. The van der Waals surface area contributed by atoms with Crippen molar-refractivity contribution in [2.45, 2.75) is 166 Å². The number of ether oxygens (including phenoxy) is 2. The average molecular weight is 611 g/mol. The van der Waals surface area contributed by atoms with Crippen LogP contribution in [0.5, 0.6) is 0 Å². The number of Topliss-reactive ketones (excluding diaryl/α,β-unsaturated/α-hetero) is 1. The molecule has 0 aliphatic rings. The van der Waals surface area contributed by atoms with Gasteiger partial charge < -0.3 is 50.3 Å². The molecular weight excluding hydrogens is 556 g/mol. The van der Waals surface area contributed by atoms with Crippen LogP contribution in [0.3, 0.4) is 0 Å². The molecule has 13 heteroatoms. The zero-order chi connectivity index (χ0) is 32.4. The Hall–Kier alpha value is -1.71. The highest BCUT2D eigenvalue weighted by molar-refractivity contribution is 6.33. The topological polar surface area (TPSA) is 232 Å². The van der Waals surface area contributed by atoms with Gasteiger partial charge in [0.25, 0.3) is 0 Å². The van der Waals surface area contributed by atoms with E-state index < -0.39 is 91.6 Å². The van der Waals surface area contributed by atoms with Gasteiger partial charge in [0, 0.05) is 32.1 Å². The molecule has 0 aromatic rings. The van der Waals surface area contributed by atoms with E-state index in [-0.39, 0.29) is 51.4 Å². The summed E-state index contributed by atoms with van der Waals surface area (Å²) < 4.78 is 10.6. The van der Waals surface area contributed by atoms with E-state index in [1.54, 1.807) is 13.8 Å². The van der Waals surface area contributed by atoms with E-state index in [1.165, 1.54) is 13.8 Å². The van der Waals surface area contributed by atoms with Gasteiger partial charge >= 0.3 is 11.9 Å². The minimum atomic E-state index is -1.28. The maximum Gasteiger partial charge on any atom is 0.374 e. The summed E-state index contributed by atoms with van der Waals surface area (Å²) in [5.41, 5.74) is 0. The van der Waals surface area contributed by atoms with Gasteiger partial charge in [-0.05, 0) is 52.4 Å². The largest absolute Gasteiger partial charge is 0.462 e. The van der Waals surface area contributed by atoms with E-state index in [0.717, 1.165) is 0 Å². The summed E-state index contributed by atoms with van der Waals surface area (Å²) in [6.07, 6.45) is -10.2. The molecule has 0 bridgehead atoms. The van der Waals surface area contributed by atoms with E-state index in [2.05, 4.69) is 0 Å². The number of hydrogen-bond donors (Lipinski definition) is 8. The van der Waals surface area contributed by atoms with Crippen LogP contribution in [0.25, 0.3) is 0 Å². The SMILES string of the molecule is CCC(O)CC(O)CC(O)CC(CC(O)CC)OC(=O)CCC(=O)C(=O)OC(CC(O)CC(C)O)CC(O)CC(C)O. The molecule has 248 valence electrons. The first-order valence-corrected chi connectivity index (χ1v) is 14.9. The highest BCUT2D eigenvalue weighted by atomic mass is 16.6. The molecule has 0 aromatic carbocycles. The van der Waals surface area contributed by atoms with Crippen molar-refractivity contribution < 1.29 is 64.7 Å². The monoisotopic (exact) mass is 610 g/mol. The van der Waals surface area contributed by atoms with Gasteiger partial charge in [-0.3, -0.25) is 9.59 Å². The molecule has 0 saturated heterocycles. The zero-order valence-electron chi connectivity index (χ0n) is 25.4. The molecule has 0 aromatic heterocycles. The predicted octanol–water partition coefficient (Wildman–Crippen LogP) is 0.0271. The molecule has 0 aliphatic carbocycles. The Balaban J connectivity index is 5.08. The minimum absolute atomic E-state index is 0.00815. The number of aliphatic hydroxyl groups is 8. The van der Waals surface area contributed by atoms with Crippen molar-refractivity contribution in [2.24, 2.45) is 0 Å². The van der Waals surface area contributed by atoms with Crippen molar-refractivity contribution >= 4 is 17.7 Å². The van der Waals surface area contributed by atoms with E-state index in [1.807, 2.05) is 0 Å². The van der Waals surface area contributed by atoms with Crippen LogP contribution in [-0.2, 0) is 23.9 Å². The minimum Gasteiger partial charge on any atom is -0.462 e. The Morgan fingerprint density at radius 2 is 0.857 bits per heavy atom. The lowest BCUT2D eigenvalue weighted by Crippen LogP contribution is -2.33. The van der Waals surface area contributed by atoms with Crippen molar-refractivity contribution in [1.82, 2.24) is 0 Å². The van der Waals surface area contributed by atoms with Crippen LogP contribution in [0.2, 0.25) is 0 Å². The fourth-order valence-corrected chi connectivity index (χ4v) is 4.51. The average Bonchev–Trinajstić information content (AvgIpc) is 2.85. The number of aliphatic hydroxyl groups excluding tert-OH is 8. The fourth-order valence-electron chi connectivity index (χ4n) is 4.51. The van der Waals surface area contributed by atoms with E-state index in [4.69, 9.17) is 9.47 Å². The number of esters is 2. The summed E-state index contributed by atoms with van der Waals surface area (Å²) in [4.78, 5) is 37.3. The standard InChI is InChI=1S/C29H54O13/c1-5-19(32)11-23(36)12-24(37)16-25(13-20(33)6-2)41-28(39)8-7-27(38)29(40)42-26(14-21(34)9-17(3)30)15-22(35)10-18(4)31/h17-26,30-37H,5-16H2,1-4H3. The van der Waals surface area contributed by atoms with Crippen LogP contribution in [0.4, 0.5) is 0 Å². The quantitative estimate of drug-likeness (QED) is 0.0533. The Kier molecular flexibility index (Phi) is 21.0. The van der Waals surface area contributed by atoms with Crippen molar-refractivity contribution in [3.05, 3.63) is 0 Å². The second kappa shape index (κ2) is 21.9. The molecule has 0 fully saturated rings. The second-order valence-corrected chi connectivity index (χ2v) is 11.4. The number of carbonyl (C=O) groups is 3. The highest BCUT2D eigenvalue weighted by Gasteiger charge is 2.28. The third-order valence-corrected chi connectivity index (χ3v) is 6.75. The van der Waals surface area contributed by atoms with Gasteiger partial charge in [0.2, 0.25) is 5.78 Å². The van der Waals surface area contributed by atoms with E-state index in [0.29, 0.717) is 12.8 Å². The molecule has 0 aliphatic heterocycles. The molecule has 0 spiro atoms. The van der Waals surface area contributed by atoms with Gasteiger partial charge in [-0.1, -0.05) is 13.8 Å². The Bertz CT molecular complexity index is 742. The van der Waals surface area contributed by atoms with Crippen LogP contribution in [0.15, 0.2) is 0 Å².